The van der Waals surface area contributed by atoms with E-state index in [1.807, 2.05) is 44.2 Å². The molecule has 4 nitrogen and oxygen atoms in total. The summed E-state index contributed by atoms with van der Waals surface area (Å²) in [5.74, 6) is 0.712. The van der Waals surface area contributed by atoms with Gasteiger partial charge < -0.3 is 14.6 Å². The van der Waals surface area contributed by atoms with Gasteiger partial charge in [0.2, 0.25) is 0 Å². The minimum absolute atomic E-state index is 0.00871. The highest BCUT2D eigenvalue weighted by molar-refractivity contribution is 6.32. The summed E-state index contributed by atoms with van der Waals surface area (Å²) in [7, 11) is 0. The number of fused-ring (bicyclic) bond motifs is 5. The molecule has 2 aromatic carbocycles. The van der Waals surface area contributed by atoms with Crippen molar-refractivity contribution in [2.75, 3.05) is 0 Å². The maximum atomic E-state index is 13.2. The third-order valence-electron chi connectivity index (χ3n) is 6.64. The van der Waals surface area contributed by atoms with Crippen molar-refractivity contribution in [2.24, 2.45) is 11.8 Å². The van der Waals surface area contributed by atoms with Crippen molar-refractivity contribution in [2.45, 2.75) is 50.9 Å². The van der Waals surface area contributed by atoms with E-state index in [4.69, 9.17) is 21.1 Å². The number of ether oxygens (including phenoxy) is 2. The third-order valence-corrected chi connectivity index (χ3v) is 6.96. The molecule has 0 aromatic heterocycles. The molecule has 2 heterocycles. The molecule has 1 aliphatic carbocycles. The molecule has 146 valence electrons. The lowest BCUT2D eigenvalue weighted by molar-refractivity contribution is -0.124. The number of hydrogen-bond acceptors (Lipinski definition) is 4. The van der Waals surface area contributed by atoms with Crippen LogP contribution in [0.2, 0.25) is 5.02 Å². The highest BCUT2D eigenvalue weighted by Gasteiger charge is 2.62. The molecule has 1 saturated carbocycles. The number of para-hydroxylation sites is 1. The largest absolute Gasteiger partial charge is 0.456 e. The first kappa shape index (κ1) is 18.2. The van der Waals surface area contributed by atoms with E-state index in [1.54, 1.807) is 6.07 Å². The Hall–Kier alpha value is -1.88. The van der Waals surface area contributed by atoms with Crippen molar-refractivity contribution >= 4 is 17.4 Å². The van der Waals surface area contributed by atoms with Gasteiger partial charge in [-0.3, -0.25) is 4.79 Å². The van der Waals surface area contributed by atoms with Gasteiger partial charge in [0.15, 0.2) is 0 Å². The summed E-state index contributed by atoms with van der Waals surface area (Å²) in [6, 6.07) is 11.2. The molecule has 5 rings (SSSR count). The number of aryl methyl sites for hydroxylation is 2. The predicted octanol–water partition coefficient (Wildman–Crippen LogP) is 4.57. The minimum atomic E-state index is -0.680. The monoisotopic (exact) mass is 398 g/mol. The van der Waals surface area contributed by atoms with Gasteiger partial charge >= 0.3 is 0 Å². The van der Waals surface area contributed by atoms with E-state index in [0.717, 1.165) is 29.5 Å². The molecule has 0 radical (unpaired) electrons. The summed E-state index contributed by atoms with van der Waals surface area (Å²) in [5, 5.41) is 11.6. The van der Waals surface area contributed by atoms with Gasteiger partial charge in [0.25, 0.3) is 0 Å². The lowest BCUT2D eigenvalue weighted by atomic mass is 9.81. The lowest BCUT2D eigenvalue weighted by Crippen LogP contribution is -2.31. The molecule has 0 spiro atoms. The number of carbonyl (C=O) groups is 1. The molecule has 1 N–H and O–H groups in total. The summed E-state index contributed by atoms with van der Waals surface area (Å²) in [5.41, 5.74) is 2.83. The van der Waals surface area contributed by atoms with Crippen molar-refractivity contribution in [3.8, 4) is 11.5 Å². The zero-order chi connectivity index (χ0) is 19.6. The number of aliphatic hydroxyl groups is 1. The van der Waals surface area contributed by atoms with Gasteiger partial charge in [-0.25, -0.2) is 0 Å². The van der Waals surface area contributed by atoms with Gasteiger partial charge in [-0.1, -0.05) is 23.7 Å². The second-order valence-electron chi connectivity index (χ2n) is 8.27. The van der Waals surface area contributed by atoms with Crippen LogP contribution in [0.5, 0.6) is 11.5 Å². The van der Waals surface area contributed by atoms with Crippen LogP contribution in [-0.4, -0.2) is 29.2 Å². The zero-order valence-corrected chi connectivity index (χ0v) is 16.6. The van der Waals surface area contributed by atoms with Crippen molar-refractivity contribution in [1.29, 1.82) is 0 Å². The Morgan fingerprint density at radius 3 is 2.46 bits per heavy atom. The van der Waals surface area contributed by atoms with E-state index in [9.17, 15) is 9.90 Å². The Bertz CT molecular complexity index is 932. The number of Topliss-reactive ketones (excluding diaryl/α,β-unsaturated/α-hetero) is 1. The fourth-order valence-electron chi connectivity index (χ4n) is 5.57. The third kappa shape index (κ3) is 2.62. The number of ketones is 1. The molecular formula is C23H23ClO4. The second kappa shape index (κ2) is 6.58. The normalized spacial score (nSPS) is 33.4. The van der Waals surface area contributed by atoms with Crippen LogP contribution in [0.4, 0.5) is 0 Å². The summed E-state index contributed by atoms with van der Waals surface area (Å²) >= 11 is 6.20. The molecular weight excluding hydrogens is 376 g/mol. The molecule has 3 fully saturated rings. The minimum Gasteiger partial charge on any atom is -0.456 e. The van der Waals surface area contributed by atoms with Crippen LogP contribution in [0, 0.1) is 25.7 Å². The van der Waals surface area contributed by atoms with Crippen LogP contribution in [0.25, 0.3) is 0 Å². The van der Waals surface area contributed by atoms with Crippen molar-refractivity contribution in [3.63, 3.8) is 0 Å². The summed E-state index contributed by atoms with van der Waals surface area (Å²) < 4.78 is 11.9. The van der Waals surface area contributed by atoms with E-state index in [0.29, 0.717) is 16.5 Å². The topological polar surface area (TPSA) is 55.8 Å². The number of aliphatic hydroxyl groups excluding tert-OH is 1. The Kier molecular flexibility index (Phi) is 4.27. The molecule has 5 heteroatoms. The molecule has 0 amide bonds. The van der Waals surface area contributed by atoms with Crippen LogP contribution >= 0.6 is 11.6 Å². The molecule has 2 bridgehead atoms. The summed E-state index contributed by atoms with van der Waals surface area (Å²) in [6.07, 6.45) is 1.22. The van der Waals surface area contributed by atoms with E-state index >= 15 is 0 Å². The Morgan fingerprint density at radius 2 is 1.79 bits per heavy atom. The summed E-state index contributed by atoms with van der Waals surface area (Å²) in [4.78, 5) is 13.2. The molecule has 2 aliphatic heterocycles. The van der Waals surface area contributed by atoms with Crippen LogP contribution in [0.15, 0.2) is 36.4 Å². The zero-order valence-electron chi connectivity index (χ0n) is 15.9. The van der Waals surface area contributed by atoms with Gasteiger partial charge in [0.05, 0.1) is 35.2 Å². The van der Waals surface area contributed by atoms with Crippen molar-refractivity contribution < 1.29 is 19.4 Å². The quantitative estimate of drug-likeness (QED) is 0.822. The Morgan fingerprint density at radius 1 is 1.11 bits per heavy atom. The molecule has 28 heavy (non-hydrogen) atoms. The first-order valence-corrected chi connectivity index (χ1v) is 10.2. The molecule has 6 unspecified atom stereocenters. The SMILES string of the molecule is Cc1cc(Oc2ccccc2Cl)cc(C)c1C1C(=O)C2C3CCC(O3)C2C1O. The van der Waals surface area contributed by atoms with Gasteiger partial charge in [0, 0.05) is 5.92 Å². The fourth-order valence-corrected chi connectivity index (χ4v) is 5.74. The van der Waals surface area contributed by atoms with E-state index < -0.39 is 12.0 Å². The molecule has 3 aliphatic rings. The van der Waals surface area contributed by atoms with E-state index in [-0.39, 0.29) is 29.8 Å². The predicted molar refractivity (Wildman–Crippen MR) is 106 cm³/mol. The van der Waals surface area contributed by atoms with Crippen LogP contribution in [0.3, 0.4) is 0 Å². The first-order valence-electron chi connectivity index (χ1n) is 9.86. The van der Waals surface area contributed by atoms with Crippen molar-refractivity contribution in [3.05, 3.63) is 58.1 Å². The van der Waals surface area contributed by atoms with Gasteiger partial charge in [-0.2, -0.15) is 0 Å². The van der Waals surface area contributed by atoms with Crippen LogP contribution in [0.1, 0.15) is 35.4 Å². The average molecular weight is 399 g/mol. The number of benzene rings is 2. The number of carbonyl (C=O) groups excluding carboxylic acids is 1. The Balaban J connectivity index is 1.48. The fraction of sp³-hybridized carbons (Fsp3) is 0.435. The number of halogens is 1. The van der Waals surface area contributed by atoms with Gasteiger partial charge in [-0.05, 0) is 67.6 Å². The smallest absolute Gasteiger partial charge is 0.149 e. The maximum absolute atomic E-state index is 13.2. The number of hydrogen-bond donors (Lipinski definition) is 1. The Labute approximate surface area is 169 Å². The lowest BCUT2D eigenvalue weighted by Gasteiger charge is -2.24. The molecule has 2 aromatic rings. The van der Waals surface area contributed by atoms with Crippen molar-refractivity contribution in [1.82, 2.24) is 0 Å². The van der Waals surface area contributed by atoms with Gasteiger partial charge in [0.1, 0.15) is 17.3 Å². The van der Waals surface area contributed by atoms with Gasteiger partial charge in [-0.15, -0.1) is 0 Å². The van der Waals surface area contributed by atoms with Crippen LogP contribution in [-0.2, 0) is 9.53 Å². The standard InChI is InChI=1S/C23H23ClO4/c1-11-9-13(27-15-6-4-3-5-14(15)24)10-12(2)18(11)21-22(25)19-16-7-8-17(28-16)20(19)23(21)26/h3-6,9-10,16-17,19-22,25H,7-8H2,1-2H3. The average Bonchev–Trinajstić information content (AvgIpc) is 3.33. The highest BCUT2D eigenvalue weighted by Crippen LogP contribution is 2.55. The molecule has 2 saturated heterocycles. The highest BCUT2D eigenvalue weighted by atomic mass is 35.5. The molecule has 6 atom stereocenters. The summed E-state index contributed by atoms with van der Waals surface area (Å²) in [6.45, 7) is 3.95. The first-order chi connectivity index (χ1) is 13.5. The van der Waals surface area contributed by atoms with E-state index in [2.05, 4.69) is 0 Å². The maximum Gasteiger partial charge on any atom is 0.149 e. The van der Waals surface area contributed by atoms with Crippen LogP contribution < -0.4 is 4.74 Å². The van der Waals surface area contributed by atoms with E-state index in [1.165, 1.54) is 0 Å². The second-order valence-corrected chi connectivity index (χ2v) is 8.67. The number of rotatable bonds is 3.